The van der Waals surface area contributed by atoms with Crippen molar-refractivity contribution in [2.75, 3.05) is 5.32 Å². The van der Waals surface area contributed by atoms with Gasteiger partial charge in [-0.2, -0.15) is 13.2 Å². The number of hydrogen-bond acceptors (Lipinski definition) is 2. The number of amides is 2. The fraction of sp³-hybridized carbons (Fsp3) is 0.182. The van der Waals surface area contributed by atoms with Crippen LogP contribution in [0.2, 0.25) is 0 Å². The van der Waals surface area contributed by atoms with Gasteiger partial charge in [0.2, 0.25) is 0 Å². The molecule has 2 amide bonds. The summed E-state index contributed by atoms with van der Waals surface area (Å²) in [6.07, 6.45) is -2.51. The Hall–Kier alpha value is -3.35. The summed E-state index contributed by atoms with van der Waals surface area (Å²) in [5, 5.41) is 5.06. The molecule has 0 radical (unpaired) electrons. The highest BCUT2D eigenvalue weighted by Gasteiger charge is 2.33. The van der Waals surface area contributed by atoms with Crippen molar-refractivity contribution in [2.24, 2.45) is 0 Å². The van der Waals surface area contributed by atoms with Crippen LogP contribution in [-0.4, -0.2) is 11.0 Å². The molecule has 2 aromatic carbocycles. The molecule has 0 saturated carbocycles. The molecule has 0 aliphatic rings. The number of nitrogens with zero attached hydrogens (tertiary/aromatic N) is 1. The van der Waals surface area contributed by atoms with Gasteiger partial charge in [-0.05, 0) is 43.2 Å². The predicted molar refractivity (Wildman–Crippen MR) is 105 cm³/mol. The summed E-state index contributed by atoms with van der Waals surface area (Å²) < 4.78 is 39.5. The smallest absolute Gasteiger partial charge is 0.329 e. The Kier molecular flexibility index (Phi) is 6.16. The normalized spacial score (nSPS) is 12.3. The third kappa shape index (κ3) is 5.57. The van der Waals surface area contributed by atoms with Gasteiger partial charge in [0, 0.05) is 6.20 Å². The maximum absolute atomic E-state index is 13.2. The van der Waals surface area contributed by atoms with Gasteiger partial charge >= 0.3 is 12.2 Å². The topological polar surface area (TPSA) is 54.0 Å². The van der Waals surface area contributed by atoms with Gasteiger partial charge in [-0.3, -0.25) is 4.98 Å². The van der Waals surface area contributed by atoms with Crippen LogP contribution in [-0.2, 0) is 12.6 Å². The minimum absolute atomic E-state index is 0.299. The molecule has 3 rings (SSSR count). The molecule has 1 heterocycles. The number of carbonyl (C=O) groups excluding carboxylic acids is 1. The highest BCUT2D eigenvalue weighted by Crippen LogP contribution is 2.34. The van der Waals surface area contributed by atoms with Gasteiger partial charge in [0.1, 0.15) is 0 Å². The van der Waals surface area contributed by atoms with Crippen molar-refractivity contribution in [3.05, 3.63) is 95.3 Å². The Labute approximate surface area is 166 Å². The predicted octanol–water partition coefficient (Wildman–Crippen LogP) is 5.51. The zero-order valence-electron chi connectivity index (χ0n) is 15.7. The van der Waals surface area contributed by atoms with Crippen molar-refractivity contribution in [3.8, 4) is 0 Å². The number of hydrogen-bond donors (Lipinski definition) is 2. The van der Waals surface area contributed by atoms with E-state index in [9.17, 15) is 18.0 Å². The second-order valence-corrected chi connectivity index (χ2v) is 6.64. The van der Waals surface area contributed by atoms with Crippen LogP contribution in [0.5, 0.6) is 0 Å². The fourth-order valence-electron chi connectivity index (χ4n) is 2.93. The first kappa shape index (κ1) is 20.4. The maximum Gasteiger partial charge on any atom is 0.418 e. The zero-order chi connectivity index (χ0) is 20.9. The SMILES string of the molecule is Cc1ccc(CC(NC(=O)Nc2ccccc2C(F)(F)F)c2ccccn2)cc1. The number of aromatic nitrogens is 1. The van der Waals surface area contributed by atoms with Crippen molar-refractivity contribution in [2.45, 2.75) is 25.6 Å². The molecule has 4 nitrogen and oxygen atoms in total. The number of alkyl halides is 3. The van der Waals surface area contributed by atoms with Crippen molar-refractivity contribution in [1.82, 2.24) is 10.3 Å². The molecule has 0 aliphatic carbocycles. The Bertz CT molecular complexity index is 957. The Morgan fingerprint density at radius 2 is 1.69 bits per heavy atom. The van der Waals surface area contributed by atoms with E-state index in [1.807, 2.05) is 31.2 Å². The van der Waals surface area contributed by atoms with Gasteiger partial charge in [-0.1, -0.05) is 48.0 Å². The van der Waals surface area contributed by atoms with Crippen LogP contribution in [0.4, 0.5) is 23.7 Å². The third-order valence-electron chi connectivity index (χ3n) is 4.39. The summed E-state index contributed by atoms with van der Waals surface area (Å²) in [6, 6.07) is 16.8. The molecule has 150 valence electrons. The summed E-state index contributed by atoms with van der Waals surface area (Å²) in [4.78, 5) is 16.8. The number of pyridine rings is 1. The first-order valence-electron chi connectivity index (χ1n) is 9.03. The molecule has 0 fully saturated rings. The van der Waals surface area contributed by atoms with E-state index >= 15 is 0 Å². The number of nitrogens with one attached hydrogen (secondary N) is 2. The summed E-state index contributed by atoms with van der Waals surface area (Å²) in [7, 11) is 0. The molecule has 7 heteroatoms. The van der Waals surface area contributed by atoms with Gasteiger partial charge in [-0.25, -0.2) is 4.79 Å². The van der Waals surface area contributed by atoms with Crippen LogP contribution in [0.3, 0.4) is 0 Å². The number of aryl methyl sites for hydroxylation is 1. The minimum atomic E-state index is -4.56. The second kappa shape index (κ2) is 8.77. The van der Waals surface area contributed by atoms with Crippen molar-refractivity contribution >= 4 is 11.7 Å². The molecule has 2 N–H and O–H groups in total. The lowest BCUT2D eigenvalue weighted by Gasteiger charge is -2.20. The highest BCUT2D eigenvalue weighted by atomic mass is 19.4. The molecular formula is C22H20F3N3O. The average molecular weight is 399 g/mol. The largest absolute Gasteiger partial charge is 0.418 e. The van der Waals surface area contributed by atoms with Crippen LogP contribution in [0, 0.1) is 6.92 Å². The molecule has 1 unspecified atom stereocenters. The lowest BCUT2D eigenvalue weighted by atomic mass is 10.0. The van der Waals surface area contributed by atoms with Crippen LogP contribution < -0.4 is 10.6 Å². The molecule has 3 aromatic rings. The molecule has 29 heavy (non-hydrogen) atoms. The number of anilines is 1. The van der Waals surface area contributed by atoms with Gasteiger partial charge < -0.3 is 10.6 Å². The van der Waals surface area contributed by atoms with E-state index in [1.54, 1.807) is 24.4 Å². The van der Waals surface area contributed by atoms with E-state index in [0.29, 0.717) is 12.1 Å². The first-order valence-corrected chi connectivity index (χ1v) is 9.03. The van der Waals surface area contributed by atoms with E-state index < -0.39 is 23.8 Å². The molecule has 0 bridgehead atoms. The number of rotatable bonds is 5. The minimum Gasteiger partial charge on any atom is -0.329 e. The van der Waals surface area contributed by atoms with Crippen molar-refractivity contribution in [3.63, 3.8) is 0 Å². The van der Waals surface area contributed by atoms with Crippen LogP contribution in [0.25, 0.3) is 0 Å². The van der Waals surface area contributed by atoms with Crippen molar-refractivity contribution < 1.29 is 18.0 Å². The molecule has 1 atom stereocenters. The quantitative estimate of drug-likeness (QED) is 0.594. The highest BCUT2D eigenvalue weighted by molar-refractivity contribution is 5.90. The molecule has 0 spiro atoms. The Morgan fingerprint density at radius 3 is 2.34 bits per heavy atom. The van der Waals surface area contributed by atoms with E-state index in [1.165, 1.54) is 18.2 Å². The lowest BCUT2D eigenvalue weighted by molar-refractivity contribution is -0.136. The molecule has 0 aliphatic heterocycles. The summed E-state index contributed by atoms with van der Waals surface area (Å²) >= 11 is 0. The Balaban J connectivity index is 1.79. The lowest BCUT2D eigenvalue weighted by Crippen LogP contribution is -2.34. The van der Waals surface area contributed by atoms with Crippen LogP contribution >= 0.6 is 0 Å². The van der Waals surface area contributed by atoms with Gasteiger partial charge in [-0.15, -0.1) is 0 Å². The molecule has 0 saturated heterocycles. The fourth-order valence-corrected chi connectivity index (χ4v) is 2.93. The average Bonchev–Trinajstić information content (AvgIpc) is 2.69. The van der Waals surface area contributed by atoms with E-state index in [2.05, 4.69) is 15.6 Å². The number of para-hydroxylation sites is 1. The van der Waals surface area contributed by atoms with Gasteiger partial charge in [0.25, 0.3) is 0 Å². The number of urea groups is 1. The maximum atomic E-state index is 13.2. The number of halogens is 3. The monoisotopic (exact) mass is 399 g/mol. The van der Waals surface area contributed by atoms with E-state index in [4.69, 9.17) is 0 Å². The number of benzene rings is 2. The van der Waals surface area contributed by atoms with E-state index in [0.717, 1.165) is 17.2 Å². The molecular weight excluding hydrogens is 379 g/mol. The zero-order valence-corrected chi connectivity index (χ0v) is 15.7. The number of carbonyl (C=O) groups is 1. The third-order valence-corrected chi connectivity index (χ3v) is 4.39. The summed E-state index contributed by atoms with van der Waals surface area (Å²) in [5.74, 6) is 0. The van der Waals surface area contributed by atoms with Crippen LogP contribution in [0.1, 0.15) is 28.4 Å². The van der Waals surface area contributed by atoms with Gasteiger partial charge in [0.15, 0.2) is 0 Å². The standard InChI is InChI=1S/C22H20F3N3O/c1-15-9-11-16(12-10-15)14-20(19-8-4-5-13-26-19)28-21(29)27-18-7-3-2-6-17(18)22(23,24)25/h2-13,20H,14H2,1H3,(H2,27,28,29). The van der Waals surface area contributed by atoms with Gasteiger partial charge in [0.05, 0.1) is 23.0 Å². The second-order valence-electron chi connectivity index (χ2n) is 6.64. The summed E-state index contributed by atoms with van der Waals surface area (Å²) in [5.41, 5.74) is 1.50. The van der Waals surface area contributed by atoms with Crippen LogP contribution in [0.15, 0.2) is 72.9 Å². The van der Waals surface area contributed by atoms with Crippen molar-refractivity contribution in [1.29, 1.82) is 0 Å². The first-order chi connectivity index (χ1) is 13.8. The molecule has 1 aromatic heterocycles. The summed E-state index contributed by atoms with van der Waals surface area (Å²) in [6.45, 7) is 1.98. The van der Waals surface area contributed by atoms with E-state index in [-0.39, 0.29) is 5.69 Å². The Morgan fingerprint density at radius 1 is 1.00 bits per heavy atom.